The summed E-state index contributed by atoms with van der Waals surface area (Å²) in [6.45, 7) is 10.5. The third-order valence-electron chi connectivity index (χ3n) is 9.42. The van der Waals surface area contributed by atoms with E-state index < -0.39 is 69.1 Å². The highest BCUT2D eigenvalue weighted by Gasteiger charge is 2.61. The number of sulfonamides is 1. The minimum atomic E-state index is -3.91. The largest absolute Gasteiger partial charge is 0.497 e. The molecule has 2 aliphatic rings. The van der Waals surface area contributed by atoms with Gasteiger partial charge in [-0.25, -0.2) is 18.2 Å². The molecule has 3 aromatic rings. The lowest BCUT2D eigenvalue weighted by Crippen LogP contribution is -2.59. The highest BCUT2D eigenvalue weighted by atomic mass is 32.2. The number of carbonyl (C=O) groups is 4. The molecule has 1 aromatic heterocycles. The fourth-order valence-corrected chi connectivity index (χ4v) is 7.23. The van der Waals surface area contributed by atoms with Crippen molar-refractivity contribution in [2.24, 2.45) is 11.8 Å². The summed E-state index contributed by atoms with van der Waals surface area (Å²) in [6, 6.07) is 14.6. The predicted molar refractivity (Wildman–Crippen MR) is 199 cm³/mol. The maximum absolute atomic E-state index is 14.4. The van der Waals surface area contributed by atoms with Gasteiger partial charge in [0, 0.05) is 29.5 Å². The number of carbonyl (C=O) groups excluding carboxylic acids is 4. The fourth-order valence-electron chi connectivity index (χ4n) is 6.71. The highest BCUT2D eigenvalue weighted by molar-refractivity contribution is 7.89. The zero-order valence-electron chi connectivity index (χ0n) is 31.4. The van der Waals surface area contributed by atoms with Crippen LogP contribution in [-0.4, -0.2) is 91.4 Å². The Kier molecular flexibility index (Phi) is 11.3. The first-order valence-corrected chi connectivity index (χ1v) is 19.6. The summed E-state index contributed by atoms with van der Waals surface area (Å²) in [6.07, 6.45) is 0.160. The molecule has 0 spiro atoms. The monoisotopic (exact) mass is 751 g/mol. The van der Waals surface area contributed by atoms with E-state index in [1.54, 1.807) is 53.9 Å². The summed E-state index contributed by atoms with van der Waals surface area (Å²) in [5.41, 5.74) is -0.176. The molecule has 1 saturated heterocycles. The summed E-state index contributed by atoms with van der Waals surface area (Å²) in [5, 5.41) is 6.18. The van der Waals surface area contributed by atoms with Crippen LogP contribution in [-0.2, 0) is 29.1 Å². The van der Waals surface area contributed by atoms with Crippen LogP contribution < -0.4 is 24.8 Å². The van der Waals surface area contributed by atoms with Gasteiger partial charge in [0.25, 0.3) is 5.91 Å². The van der Waals surface area contributed by atoms with Crippen LogP contribution >= 0.6 is 0 Å². The molecule has 2 aromatic carbocycles. The van der Waals surface area contributed by atoms with E-state index in [0.717, 1.165) is 11.8 Å². The molecular formula is C38H49N5O9S. The van der Waals surface area contributed by atoms with Gasteiger partial charge < -0.3 is 29.7 Å². The van der Waals surface area contributed by atoms with Gasteiger partial charge in [0.05, 0.1) is 31.1 Å². The molecule has 2 heterocycles. The normalized spacial score (nSPS) is 21.8. The third-order valence-corrected chi connectivity index (χ3v) is 9.98. The first-order chi connectivity index (χ1) is 24.8. The van der Waals surface area contributed by atoms with Gasteiger partial charge in [0.1, 0.15) is 40.8 Å². The van der Waals surface area contributed by atoms with Crippen molar-refractivity contribution in [1.82, 2.24) is 25.2 Å². The van der Waals surface area contributed by atoms with Crippen molar-refractivity contribution in [1.29, 1.82) is 0 Å². The van der Waals surface area contributed by atoms with E-state index >= 15 is 0 Å². The zero-order chi connectivity index (χ0) is 38.9. The van der Waals surface area contributed by atoms with Crippen molar-refractivity contribution in [3.63, 3.8) is 0 Å². The molecule has 0 radical (unpaired) electrons. The van der Waals surface area contributed by atoms with Crippen LogP contribution in [0.5, 0.6) is 11.5 Å². The number of fused-ring (bicyclic) bond motifs is 1. The molecular weight excluding hydrogens is 703 g/mol. The van der Waals surface area contributed by atoms with Gasteiger partial charge in [0.2, 0.25) is 21.8 Å². The van der Waals surface area contributed by atoms with E-state index in [9.17, 15) is 27.6 Å². The van der Waals surface area contributed by atoms with Crippen molar-refractivity contribution in [3.8, 4) is 22.8 Å². The van der Waals surface area contributed by atoms with E-state index in [0.29, 0.717) is 34.5 Å². The summed E-state index contributed by atoms with van der Waals surface area (Å²) < 4.78 is 43.5. The molecule has 4 amide bonds. The molecule has 5 atom stereocenters. The molecule has 1 aliphatic carbocycles. The number of likely N-dealkylation sites (tertiary alicyclic amines) is 1. The van der Waals surface area contributed by atoms with Gasteiger partial charge in [-0.3, -0.25) is 19.1 Å². The lowest BCUT2D eigenvalue weighted by Gasteiger charge is -2.31. The second-order valence-electron chi connectivity index (χ2n) is 15.1. The number of hydrogen-bond donors (Lipinski definition) is 3. The standard InChI is InChI=1S/C38H49N5O9S/c1-9-24-20-38(24,35(46)42-53(8,48)49)41-33(44)30-18-26(21-43(30)34(45)32(22(2)3)40-36(47)52-37(4,5)6)51-31-19-28(23-13-11-10-12-14-23)39-29-17-25(50-7)15-16-27(29)31/h10-17,19,22,24,26,30,32H,9,18,20-21H2,1-8H3,(H,40,47)(H,41,44)(H,42,46). The summed E-state index contributed by atoms with van der Waals surface area (Å²) >= 11 is 0. The number of aromatic nitrogens is 1. The topological polar surface area (TPSA) is 182 Å². The van der Waals surface area contributed by atoms with E-state index in [-0.39, 0.29) is 25.3 Å². The molecule has 14 nitrogen and oxygen atoms in total. The Morgan fingerprint density at radius 1 is 1.06 bits per heavy atom. The van der Waals surface area contributed by atoms with Crippen LogP contribution in [0.4, 0.5) is 4.79 Å². The number of hydrogen-bond acceptors (Lipinski definition) is 10. The highest BCUT2D eigenvalue weighted by Crippen LogP contribution is 2.46. The van der Waals surface area contributed by atoms with Gasteiger partial charge in [-0.15, -0.1) is 0 Å². The number of pyridine rings is 1. The van der Waals surface area contributed by atoms with Crippen molar-refractivity contribution in [3.05, 3.63) is 54.6 Å². The van der Waals surface area contributed by atoms with Crippen molar-refractivity contribution in [2.75, 3.05) is 19.9 Å². The Bertz CT molecular complexity index is 1980. The smallest absolute Gasteiger partial charge is 0.408 e. The number of methoxy groups -OCH3 is 1. The number of rotatable bonds is 12. The average Bonchev–Trinajstić information content (AvgIpc) is 3.64. The first kappa shape index (κ1) is 39.3. The van der Waals surface area contributed by atoms with Crippen molar-refractivity contribution < 1.29 is 41.8 Å². The zero-order valence-corrected chi connectivity index (χ0v) is 32.2. The number of nitrogens with one attached hydrogen (secondary N) is 3. The van der Waals surface area contributed by atoms with Gasteiger partial charge in [0.15, 0.2) is 0 Å². The molecule has 286 valence electrons. The van der Waals surface area contributed by atoms with E-state index in [1.165, 1.54) is 4.90 Å². The van der Waals surface area contributed by atoms with Gasteiger partial charge in [-0.2, -0.15) is 0 Å². The summed E-state index contributed by atoms with van der Waals surface area (Å²) in [4.78, 5) is 61.0. The molecule has 53 heavy (non-hydrogen) atoms. The van der Waals surface area contributed by atoms with Gasteiger partial charge in [-0.1, -0.05) is 57.5 Å². The molecule has 3 N–H and O–H groups in total. The minimum absolute atomic E-state index is 0.0312. The Hall–Kier alpha value is -4.92. The predicted octanol–water partition coefficient (Wildman–Crippen LogP) is 4.17. The summed E-state index contributed by atoms with van der Waals surface area (Å²) in [5.74, 6) is -1.64. The van der Waals surface area contributed by atoms with Crippen LogP contribution in [0.15, 0.2) is 54.6 Å². The minimum Gasteiger partial charge on any atom is -0.497 e. The average molecular weight is 752 g/mol. The Morgan fingerprint density at radius 2 is 1.75 bits per heavy atom. The number of nitrogens with zero attached hydrogens (tertiary/aromatic N) is 2. The van der Waals surface area contributed by atoms with Crippen LogP contribution in [0.1, 0.15) is 60.8 Å². The van der Waals surface area contributed by atoms with Crippen molar-refractivity contribution >= 4 is 44.7 Å². The maximum atomic E-state index is 14.4. The number of benzene rings is 2. The fraction of sp³-hybridized carbons (Fsp3) is 0.500. The number of ether oxygens (including phenoxy) is 3. The molecule has 15 heteroatoms. The van der Waals surface area contributed by atoms with Crippen molar-refractivity contribution in [2.45, 2.75) is 90.1 Å². The van der Waals surface area contributed by atoms with Crippen LogP contribution in [0, 0.1) is 11.8 Å². The van der Waals surface area contributed by atoms with Gasteiger partial charge in [-0.05, 0) is 51.2 Å². The van der Waals surface area contributed by atoms with Crippen LogP contribution in [0.2, 0.25) is 0 Å². The SMILES string of the molecule is CCC1CC1(NC(=O)C1CC(Oc2cc(-c3ccccc3)nc3cc(OC)ccc23)CN1C(=O)C(NC(=O)OC(C)(C)C)C(C)C)C(=O)NS(C)(=O)=O. The second-order valence-corrected chi connectivity index (χ2v) is 16.8. The number of alkyl carbamates (subject to hydrolysis) is 1. The molecule has 0 bridgehead atoms. The quantitative estimate of drug-likeness (QED) is 0.243. The van der Waals surface area contributed by atoms with E-state index in [4.69, 9.17) is 19.2 Å². The number of amides is 4. The summed E-state index contributed by atoms with van der Waals surface area (Å²) in [7, 11) is -2.35. The molecule has 5 unspecified atom stereocenters. The molecule has 5 rings (SSSR count). The Balaban J connectivity index is 1.50. The Labute approximate surface area is 310 Å². The van der Waals surface area contributed by atoms with Gasteiger partial charge >= 0.3 is 6.09 Å². The van der Waals surface area contributed by atoms with E-state index in [1.807, 2.05) is 54.1 Å². The Morgan fingerprint density at radius 3 is 2.34 bits per heavy atom. The first-order valence-electron chi connectivity index (χ1n) is 17.7. The molecule has 2 fully saturated rings. The maximum Gasteiger partial charge on any atom is 0.408 e. The lowest BCUT2D eigenvalue weighted by molar-refractivity contribution is -0.142. The molecule has 1 aliphatic heterocycles. The van der Waals surface area contributed by atoms with Crippen LogP contribution in [0.3, 0.4) is 0 Å². The van der Waals surface area contributed by atoms with Crippen LogP contribution in [0.25, 0.3) is 22.2 Å². The third kappa shape index (κ3) is 9.18. The molecule has 1 saturated carbocycles. The second kappa shape index (κ2) is 15.2. The van der Waals surface area contributed by atoms with E-state index in [2.05, 4.69) is 10.6 Å². The lowest BCUT2D eigenvalue weighted by atomic mass is 10.0.